The van der Waals surface area contributed by atoms with Crippen LogP contribution in [0.4, 0.5) is 11.4 Å². The van der Waals surface area contributed by atoms with Crippen LogP contribution in [0.1, 0.15) is 45.7 Å². The summed E-state index contributed by atoms with van der Waals surface area (Å²) >= 11 is 0. The van der Waals surface area contributed by atoms with Crippen molar-refractivity contribution in [2.24, 2.45) is 0 Å². The molecule has 0 atom stereocenters. The fourth-order valence-electron chi connectivity index (χ4n) is 7.85. The first-order valence-electron chi connectivity index (χ1n) is 16.1. The minimum absolute atomic E-state index is 0.0824. The molecule has 0 spiro atoms. The monoisotopic (exact) mass is 589 g/mol. The number of hydrogen-bond acceptors (Lipinski definition) is 0. The van der Waals surface area contributed by atoms with Gasteiger partial charge < -0.3 is 4.57 Å². The summed E-state index contributed by atoms with van der Waals surface area (Å²) in [5.74, 6) is 0. The van der Waals surface area contributed by atoms with E-state index in [1.165, 1.54) is 60.9 Å². The molecule has 0 bridgehead atoms. The van der Waals surface area contributed by atoms with Gasteiger partial charge >= 0.3 is 0 Å². The number of allylic oxidation sites excluding steroid dienone is 6. The lowest BCUT2D eigenvalue weighted by Gasteiger charge is -2.15. The van der Waals surface area contributed by atoms with Crippen LogP contribution in [0.2, 0.25) is 0 Å². The summed E-state index contributed by atoms with van der Waals surface area (Å²) in [6.45, 7) is 12.5. The van der Waals surface area contributed by atoms with Crippen molar-refractivity contribution in [3.63, 3.8) is 0 Å². The quantitative estimate of drug-likeness (QED) is 0.139. The summed E-state index contributed by atoms with van der Waals surface area (Å²) in [5, 5.41) is 5.19. The van der Waals surface area contributed by atoms with E-state index in [0.29, 0.717) is 0 Å². The molecule has 2 aliphatic heterocycles. The Morgan fingerprint density at radius 1 is 0.689 bits per heavy atom. The van der Waals surface area contributed by atoms with Gasteiger partial charge in [-0.1, -0.05) is 72.8 Å². The lowest BCUT2D eigenvalue weighted by atomic mass is 9.81. The highest BCUT2D eigenvalue weighted by Crippen LogP contribution is 2.40. The molecule has 0 saturated heterocycles. The molecule has 224 valence electrons. The van der Waals surface area contributed by atoms with Gasteiger partial charge in [-0.15, -0.1) is 0 Å². The molecule has 1 aromatic heterocycles. The molecule has 0 amide bonds. The van der Waals surface area contributed by atoms with Gasteiger partial charge in [-0.25, -0.2) is 0 Å². The number of hydrogen-bond donors (Lipinski definition) is 0. The molecule has 3 heterocycles. The zero-order chi connectivity index (χ0) is 31.5. The molecule has 3 heteroatoms. The zero-order valence-corrected chi connectivity index (χ0v) is 27.6. The van der Waals surface area contributed by atoms with Crippen LogP contribution in [-0.4, -0.2) is 39.2 Å². The lowest BCUT2D eigenvalue weighted by molar-refractivity contribution is -0.401. The predicted molar refractivity (Wildman–Crippen MR) is 192 cm³/mol. The SMILES string of the molecule is CCn1/c(=C/C=C(/C=C/C2=[N+](C)c3ccccc3C2(C)C)/C=C/C2=[N+](C)c3ccccc3C2(C)C)c2cccc3cccc1c32. The molecular formula is C42H43N3+2. The van der Waals surface area contributed by atoms with E-state index in [9.17, 15) is 0 Å². The molecule has 0 N–H and O–H groups in total. The normalized spacial score (nSPS) is 17.4. The molecule has 5 aromatic rings. The van der Waals surface area contributed by atoms with Crippen LogP contribution in [-0.2, 0) is 17.4 Å². The van der Waals surface area contributed by atoms with Crippen molar-refractivity contribution < 1.29 is 9.15 Å². The van der Waals surface area contributed by atoms with Gasteiger partial charge in [0.05, 0.1) is 10.8 Å². The van der Waals surface area contributed by atoms with Crippen molar-refractivity contribution >= 4 is 50.5 Å². The van der Waals surface area contributed by atoms with Crippen LogP contribution in [0.5, 0.6) is 0 Å². The standard InChI is InChI=1S/C42H43N3/c1-8-45-34(31-17-13-15-30-16-14-22-37(45)40(30)31)26-23-29(24-27-38-41(2,3)32-18-9-11-20-35(32)43(38)6)25-28-39-42(4,5)33-19-10-12-21-36(33)44(39)7/h9-28H,8H2,1-7H3/q+2. The Hall–Kier alpha value is -4.76. The Kier molecular flexibility index (Phi) is 6.89. The number of rotatable bonds is 6. The molecule has 0 aliphatic carbocycles. The fraction of sp³-hybridized carbons (Fsp3) is 0.238. The van der Waals surface area contributed by atoms with Crippen molar-refractivity contribution in [3.8, 4) is 0 Å². The third kappa shape index (κ3) is 4.48. The number of benzene rings is 4. The summed E-state index contributed by atoms with van der Waals surface area (Å²) in [4.78, 5) is 0. The van der Waals surface area contributed by atoms with Crippen LogP contribution in [0.15, 0.2) is 121 Å². The average molecular weight is 590 g/mol. The van der Waals surface area contributed by atoms with Crippen molar-refractivity contribution in [1.82, 2.24) is 4.57 Å². The first-order valence-corrected chi connectivity index (χ1v) is 16.1. The Morgan fingerprint density at radius 2 is 1.22 bits per heavy atom. The van der Waals surface area contributed by atoms with E-state index in [-0.39, 0.29) is 10.8 Å². The van der Waals surface area contributed by atoms with E-state index >= 15 is 0 Å². The number of fused-ring (bicyclic) bond motifs is 2. The third-order valence-electron chi connectivity index (χ3n) is 10.2. The summed E-state index contributed by atoms with van der Waals surface area (Å²) in [5.41, 5.74) is 10.2. The van der Waals surface area contributed by atoms with Gasteiger partial charge in [-0.05, 0) is 69.9 Å². The van der Waals surface area contributed by atoms with Gasteiger partial charge in [0.2, 0.25) is 11.4 Å². The van der Waals surface area contributed by atoms with Gasteiger partial charge in [-0.2, -0.15) is 9.15 Å². The summed E-state index contributed by atoms with van der Waals surface area (Å²) in [6, 6.07) is 30.8. The van der Waals surface area contributed by atoms with E-state index < -0.39 is 0 Å². The van der Waals surface area contributed by atoms with Crippen LogP contribution in [0.25, 0.3) is 27.8 Å². The Morgan fingerprint density at radius 3 is 1.76 bits per heavy atom. The third-order valence-corrected chi connectivity index (χ3v) is 10.2. The second kappa shape index (κ2) is 10.7. The van der Waals surface area contributed by atoms with Crippen LogP contribution < -0.4 is 5.35 Å². The highest BCUT2D eigenvalue weighted by molar-refractivity contribution is 6.10. The Balaban J connectivity index is 1.38. The molecular weight excluding hydrogens is 546 g/mol. The van der Waals surface area contributed by atoms with Crippen LogP contribution >= 0.6 is 0 Å². The van der Waals surface area contributed by atoms with Gasteiger partial charge in [0.25, 0.3) is 0 Å². The molecule has 45 heavy (non-hydrogen) atoms. The molecule has 3 nitrogen and oxygen atoms in total. The van der Waals surface area contributed by atoms with E-state index in [2.05, 4.69) is 184 Å². The highest BCUT2D eigenvalue weighted by Gasteiger charge is 2.43. The molecule has 2 aliphatic rings. The van der Waals surface area contributed by atoms with Crippen molar-refractivity contribution in [1.29, 1.82) is 0 Å². The van der Waals surface area contributed by atoms with E-state index in [1.54, 1.807) is 0 Å². The first-order chi connectivity index (χ1) is 21.6. The predicted octanol–water partition coefficient (Wildman–Crippen LogP) is 8.77. The number of aromatic nitrogens is 1. The number of aryl methyl sites for hydroxylation is 1. The molecule has 7 rings (SSSR count). The molecule has 0 saturated carbocycles. The minimum Gasteiger partial charge on any atom is -0.341 e. The van der Waals surface area contributed by atoms with Crippen molar-refractivity contribution in [3.05, 3.63) is 137 Å². The topological polar surface area (TPSA) is 10.9 Å². The maximum absolute atomic E-state index is 2.44. The van der Waals surface area contributed by atoms with Crippen molar-refractivity contribution in [2.45, 2.75) is 52.0 Å². The van der Waals surface area contributed by atoms with Gasteiger partial charge in [0.15, 0.2) is 11.4 Å². The summed E-state index contributed by atoms with van der Waals surface area (Å²) < 4.78 is 7.13. The number of nitrogens with zero attached hydrogens (tertiary/aromatic N) is 3. The van der Waals surface area contributed by atoms with E-state index in [0.717, 1.165) is 12.1 Å². The van der Waals surface area contributed by atoms with E-state index in [4.69, 9.17) is 0 Å². The minimum atomic E-state index is -0.0824. The summed E-state index contributed by atoms with van der Waals surface area (Å²) in [7, 11) is 4.38. The molecule has 0 fully saturated rings. The van der Waals surface area contributed by atoms with Gasteiger partial charge in [0, 0.05) is 63.6 Å². The van der Waals surface area contributed by atoms with E-state index in [1.807, 2.05) is 0 Å². The zero-order valence-electron chi connectivity index (χ0n) is 27.6. The summed E-state index contributed by atoms with van der Waals surface area (Å²) in [6.07, 6.45) is 13.8. The molecule has 0 unspecified atom stereocenters. The number of para-hydroxylation sites is 2. The van der Waals surface area contributed by atoms with Gasteiger partial charge in [0.1, 0.15) is 14.1 Å². The Bertz CT molecular complexity index is 2110. The van der Waals surface area contributed by atoms with Crippen LogP contribution in [0, 0.1) is 0 Å². The molecule has 0 radical (unpaired) electrons. The maximum atomic E-state index is 2.44. The smallest absolute Gasteiger partial charge is 0.209 e. The first kappa shape index (κ1) is 29.0. The fourth-order valence-corrected chi connectivity index (χ4v) is 7.85. The highest BCUT2D eigenvalue weighted by atomic mass is 15.0. The molecule has 4 aromatic carbocycles. The maximum Gasteiger partial charge on any atom is 0.209 e. The largest absolute Gasteiger partial charge is 0.341 e. The van der Waals surface area contributed by atoms with Crippen LogP contribution in [0.3, 0.4) is 0 Å². The lowest BCUT2D eigenvalue weighted by Crippen LogP contribution is -2.27. The second-order valence-electron chi connectivity index (χ2n) is 13.5. The Labute approximate surface area is 267 Å². The van der Waals surface area contributed by atoms with Gasteiger partial charge in [-0.3, -0.25) is 0 Å². The second-order valence-corrected chi connectivity index (χ2v) is 13.5. The van der Waals surface area contributed by atoms with Crippen molar-refractivity contribution in [2.75, 3.05) is 14.1 Å². The average Bonchev–Trinajstić information content (AvgIpc) is 3.54.